The number of hydrogen-bond donors (Lipinski definition) is 1. The van der Waals surface area contributed by atoms with Crippen molar-refractivity contribution in [2.75, 3.05) is 0 Å². The van der Waals surface area contributed by atoms with Gasteiger partial charge in [0.2, 0.25) is 0 Å². The number of unbranched alkanes of at least 4 members (excludes halogenated alkanes) is 4. The predicted octanol–water partition coefficient (Wildman–Crippen LogP) is 4.04. The van der Waals surface area contributed by atoms with Crippen molar-refractivity contribution in [3.05, 3.63) is 46.2 Å². The third-order valence-electron chi connectivity index (χ3n) is 3.34. The molecule has 0 atom stereocenters. The molecule has 1 heterocycles. The highest BCUT2D eigenvalue weighted by atomic mass is 16.1. The summed E-state index contributed by atoms with van der Waals surface area (Å²) in [5.74, 6) is 0. The Kier molecular flexibility index (Phi) is 4.57. The van der Waals surface area contributed by atoms with Crippen molar-refractivity contribution in [2.24, 2.45) is 0 Å². The second-order valence-electron chi connectivity index (χ2n) is 4.87. The molecule has 1 aromatic carbocycles. The molecule has 2 heteroatoms. The summed E-state index contributed by atoms with van der Waals surface area (Å²) in [7, 11) is 0. The van der Waals surface area contributed by atoms with Crippen LogP contribution in [0.5, 0.6) is 0 Å². The molecule has 0 unspecified atom stereocenters. The summed E-state index contributed by atoms with van der Waals surface area (Å²) in [6, 6.07) is 9.46. The summed E-state index contributed by atoms with van der Waals surface area (Å²) in [5.41, 5.74) is 2.15. The van der Waals surface area contributed by atoms with Crippen molar-refractivity contribution in [1.29, 1.82) is 0 Å². The van der Waals surface area contributed by atoms with Crippen LogP contribution < -0.4 is 5.43 Å². The molecular formula is C16H21NO. The van der Waals surface area contributed by atoms with Crippen molar-refractivity contribution in [3.63, 3.8) is 0 Å². The lowest BCUT2D eigenvalue weighted by Gasteiger charge is -2.04. The van der Waals surface area contributed by atoms with E-state index in [4.69, 9.17) is 0 Å². The van der Waals surface area contributed by atoms with Crippen molar-refractivity contribution in [3.8, 4) is 0 Å². The number of aromatic nitrogens is 1. The van der Waals surface area contributed by atoms with Gasteiger partial charge in [0.05, 0.1) is 0 Å². The molecule has 2 aromatic rings. The lowest BCUT2D eigenvalue weighted by atomic mass is 10.1. The lowest BCUT2D eigenvalue weighted by Crippen LogP contribution is -2.05. The highest BCUT2D eigenvalue weighted by Crippen LogP contribution is 2.10. The second kappa shape index (κ2) is 6.39. The first-order valence-corrected chi connectivity index (χ1v) is 6.92. The summed E-state index contributed by atoms with van der Waals surface area (Å²) < 4.78 is 0. The highest BCUT2D eigenvalue weighted by Gasteiger charge is 2.01. The van der Waals surface area contributed by atoms with Crippen LogP contribution in [0.2, 0.25) is 0 Å². The zero-order chi connectivity index (χ0) is 12.8. The van der Waals surface area contributed by atoms with Crippen LogP contribution in [0, 0.1) is 0 Å². The third kappa shape index (κ3) is 3.22. The Labute approximate surface area is 108 Å². The van der Waals surface area contributed by atoms with Gasteiger partial charge in [-0.15, -0.1) is 0 Å². The quantitative estimate of drug-likeness (QED) is 0.764. The number of pyridine rings is 1. The van der Waals surface area contributed by atoms with Gasteiger partial charge in [-0.05, 0) is 25.0 Å². The van der Waals surface area contributed by atoms with E-state index in [-0.39, 0.29) is 5.43 Å². The number of rotatable bonds is 6. The zero-order valence-electron chi connectivity index (χ0n) is 11.0. The minimum atomic E-state index is 0.132. The van der Waals surface area contributed by atoms with Crippen LogP contribution in [-0.2, 0) is 6.42 Å². The molecule has 2 rings (SSSR count). The van der Waals surface area contributed by atoms with Crippen LogP contribution in [0.3, 0.4) is 0 Å². The van der Waals surface area contributed by atoms with Crippen LogP contribution >= 0.6 is 0 Å². The molecule has 0 spiro atoms. The van der Waals surface area contributed by atoms with Gasteiger partial charge >= 0.3 is 0 Å². The van der Waals surface area contributed by atoms with Crippen molar-refractivity contribution in [2.45, 2.75) is 45.4 Å². The van der Waals surface area contributed by atoms with Crippen molar-refractivity contribution < 1.29 is 0 Å². The Morgan fingerprint density at radius 3 is 2.67 bits per heavy atom. The predicted molar refractivity (Wildman–Crippen MR) is 77.0 cm³/mol. The molecule has 1 N–H and O–H groups in total. The Bertz CT molecular complexity index is 556. The van der Waals surface area contributed by atoms with Crippen LogP contribution in [0.4, 0.5) is 0 Å². The maximum atomic E-state index is 11.9. The normalized spacial score (nSPS) is 10.9. The first-order chi connectivity index (χ1) is 8.81. The standard InChI is InChI=1S/C16H21NO/c1-2-3-4-5-6-9-13-12-16(18)14-10-7-8-11-15(14)17-13/h7-8,10-12H,2-6,9H2,1H3,(H,17,18)/i17+1. The first kappa shape index (κ1) is 12.9. The molecule has 0 saturated heterocycles. The Morgan fingerprint density at radius 2 is 1.83 bits per heavy atom. The molecule has 0 amide bonds. The van der Waals surface area contributed by atoms with Crippen molar-refractivity contribution >= 4 is 10.9 Å². The van der Waals surface area contributed by atoms with Gasteiger partial charge in [0, 0.05) is 22.7 Å². The number of aryl methyl sites for hydroxylation is 1. The van der Waals surface area contributed by atoms with Crippen molar-refractivity contribution in [1.82, 2.24) is 4.98 Å². The molecule has 96 valence electrons. The highest BCUT2D eigenvalue weighted by molar-refractivity contribution is 5.78. The van der Waals surface area contributed by atoms with E-state index in [1.54, 1.807) is 6.07 Å². The van der Waals surface area contributed by atoms with Gasteiger partial charge in [-0.3, -0.25) is 4.79 Å². The van der Waals surface area contributed by atoms with Crippen LogP contribution in [0.1, 0.15) is 44.7 Å². The van der Waals surface area contributed by atoms with E-state index in [0.29, 0.717) is 0 Å². The molecule has 0 fully saturated rings. The number of nitrogens with one attached hydrogen (secondary N) is 1. The molecule has 2 nitrogen and oxygen atoms in total. The largest absolute Gasteiger partial charge is 0.358 e. The van der Waals surface area contributed by atoms with Gasteiger partial charge in [-0.2, -0.15) is 0 Å². The van der Waals surface area contributed by atoms with E-state index in [0.717, 1.165) is 29.4 Å². The Hall–Kier alpha value is -1.57. The minimum Gasteiger partial charge on any atom is -0.358 e. The summed E-state index contributed by atoms with van der Waals surface area (Å²) in [5, 5.41) is 0.784. The molecule has 0 bridgehead atoms. The number of H-pyrrole nitrogens is 1. The van der Waals surface area contributed by atoms with E-state index < -0.39 is 0 Å². The maximum absolute atomic E-state index is 11.9. The van der Waals surface area contributed by atoms with Gasteiger partial charge in [-0.1, -0.05) is 44.7 Å². The fraction of sp³-hybridized carbons (Fsp3) is 0.438. The van der Waals surface area contributed by atoms with Crippen LogP contribution in [0.15, 0.2) is 35.1 Å². The molecule has 18 heavy (non-hydrogen) atoms. The molecule has 0 aliphatic carbocycles. The number of para-hydroxylation sites is 1. The molecule has 0 saturated carbocycles. The average Bonchev–Trinajstić information content (AvgIpc) is 2.39. The van der Waals surface area contributed by atoms with E-state index in [9.17, 15) is 4.79 Å². The van der Waals surface area contributed by atoms with E-state index >= 15 is 0 Å². The summed E-state index contributed by atoms with van der Waals surface area (Å²) in [4.78, 5) is 15.3. The van der Waals surface area contributed by atoms with E-state index in [1.807, 2.05) is 24.3 Å². The molecule has 0 aliphatic heterocycles. The molecular weight excluding hydrogens is 223 g/mol. The van der Waals surface area contributed by atoms with Gasteiger partial charge in [-0.25, -0.2) is 0 Å². The fourth-order valence-corrected chi connectivity index (χ4v) is 2.31. The monoisotopic (exact) mass is 244 g/mol. The number of fused-ring (bicyclic) bond motifs is 1. The molecule has 0 aliphatic rings. The second-order valence-corrected chi connectivity index (χ2v) is 4.87. The molecule has 1 aromatic heterocycles. The zero-order valence-corrected chi connectivity index (χ0v) is 11.0. The summed E-state index contributed by atoms with van der Waals surface area (Å²) in [6.45, 7) is 2.22. The number of benzene rings is 1. The average molecular weight is 244 g/mol. The van der Waals surface area contributed by atoms with Gasteiger partial charge in [0.25, 0.3) is 0 Å². The number of aromatic amines is 1. The summed E-state index contributed by atoms with van der Waals surface area (Å²) >= 11 is 0. The van der Waals surface area contributed by atoms with E-state index in [1.165, 1.54) is 25.7 Å². The first-order valence-electron chi connectivity index (χ1n) is 6.92. The smallest absolute Gasteiger partial charge is 0.189 e. The summed E-state index contributed by atoms with van der Waals surface area (Å²) in [6.07, 6.45) is 7.27. The van der Waals surface area contributed by atoms with Gasteiger partial charge in [0.15, 0.2) is 5.43 Å². The Morgan fingerprint density at radius 1 is 1.06 bits per heavy atom. The molecule has 0 radical (unpaired) electrons. The fourth-order valence-electron chi connectivity index (χ4n) is 2.31. The van der Waals surface area contributed by atoms with E-state index in [2.05, 4.69) is 11.9 Å². The topological polar surface area (TPSA) is 32.9 Å². The number of hydrogen-bond acceptors (Lipinski definition) is 1. The minimum absolute atomic E-state index is 0.132. The van der Waals surface area contributed by atoms with Crippen LogP contribution in [0.25, 0.3) is 10.9 Å². The lowest BCUT2D eigenvalue weighted by molar-refractivity contribution is 0.628. The van der Waals surface area contributed by atoms with Gasteiger partial charge in [0.1, 0.15) is 0 Å². The SMILES string of the molecule is CCCCCCCc1cc(=O)c2ccccc2[15nH]1. The third-order valence-corrected chi connectivity index (χ3v) is 3.34. The Balaban J connectivity index is 2.03. The van der Waals surface area contributed by atoms with Gasteiger partial charge < -0.3 is 4.98 Å². The van der Waals surface area contributed by atoms with Crippen LogP contribution in [-0.4, -0.2) is 4.98 Å². The maximum Gasteiger partial charge on any atom is 0.189 e.